The number of carbonyl (C=O) groups is 1. The number of ether oxygens (including phenoxy) is 2. The Hall–Kier alpha value is -2.47. The zero-order valence-electron chi connectivity index (χ0n) is 20.4. The summed E-state index contributed by atoms with van der Waals surface area (Å²) in [5.41, 5.74) is 1.16. The van der Waals surface area contributed by atoms with E-state index in [2.05, 4.69) is 33.9 Å². The molecule has 0 amide bonds. The summed E-state index contributed by atoms with van der Waals surface area (Å²) in [6.45, 7) is 11.5. The third-order valence-corrected chi connectivity index (χ3v) is 11.7. The number of aromatic hydroxyl groups is 1. The molecule has 1 saturated carbocycles. The van der Waals surface area contributed by atoms with Gasteiger partial charge < -0.3 is 19.0 Å². The zero-order chi connectivity index (χ0) is 23.8. The summed E-state index contributed by atoms with van der Waals surface area (Å²) in [5, 5.41) is 10.6. The highest BCUT2D eigenvalue weighted by Crippen LogP contribution is 2.44. The van der Waals surface area contributed by atoms with Crippen LogP contribution in [0, 0.1) is 5.92 Å². The van der Waals surface area contributed by atoms with Crippen LogP contribution in [0.3, 0.4) is 0 Å². The van der Waals surface area contributed by atoms with Crippen LogP contribution in [-0.2, 0) is 0 Å². The summed E-state index contributed by atoms with van der Waals surface area (Å²) in [7, 11) is -2.10. The van der Waals surface area contributed by atoms with E-state index in [0.717, 1.165) is 17.9 Å². The van der Waals surface area contributed by atoms with Gasteiger partial charge in [0.05, 0.1) is 13.0 Å². The van der Waals surface area contributed by atoms with Gasteiger partial charge in [0.25, 0.3) is 0 Å². The van der Waals surface area contributed by atoms with E-state index in [9.17, 15) is 9.90 Å². The van der Waals surface area contributed by atoms with Gasteiger partial charge in [-0.15, -0.1) is 0 Å². The van der Waals surface area contributed by atoms with Crippen LogP contribution in [0.25, 0.3) is 0 Å². The molecule has 1 heterocycles. The Bertz CT molecular complexity index is 1000. The van der Waals surface area contributed by atoms with Gasteiger partial charge in [-0.05, 0) is 54.6 Å². The number of fused-ring (bicyclic) bond motifs is 1. The Kier molecular flexibility index (Phi) is 6.49. The quantitative estimate of drug-likeness (QED) is 0.460. The minimum absolute atomic E-state index is 0.0132. The van der Waals surface area contributed by atoms with E-state index in [1.54, 1.807) is 6.07 Å². The lowest BCUT2D eigenvalue weighted by atomic mass is 9.95. The van der Waals surface area contributed by atoms with E-state index in [-0.39, 0.29) is 28.6 Å². The van der Waals surface area contributed by atoms with Crippen LogP contribution in [0.1, 0.15) is 74.9 Å². The Morgan fingerprint density at radius 3 is 2.36 bits per heavy atom. The molecule has 1 aliphatic heterocycles. The number of phenols is 1. The van der Waals surface area contributed by atoms with Crippen molar-refractivity contribution in [1.29, 1.82) is 0 Å². The number of benzene rings is 2. The maximum Gasteiger partial charge on any atom is 0.250 e. The van der Waals surface area contributed by atoms with Crippen molar-refractivity contribution in [3.8, 4) is 23.0 Å². The third kappa shape index (κ3) is 5.21. The molecule has 33 heavy (non-hydrogen) atoms. The highest BCUT2D eigenvalue weighted by Gasteiger charge is 2.40. The van der Waals surface area contributed by atoms with Crippen LogP contribution in [0.5, 0.6) is 23.0 Å². The summed E-state index contributed by atoms with van der Waals surface area (Å²) in [6, 6.07) is 11.1. The molecule has 1 aliphatic carbocycles. The second-order valence-electron chi connectivity index (χ2n) is 10.9. The van der Waals surface area contributed by atoms with Crippen molar-refractivity contribution < 1.29 is 23.8 Å². The van der Waals surface area contributed by atoms with E-state index in [1.807, 2.05) is 24.3 Å². The third-order valence-electron chi connectivity index (χ3n) is 7.37. The monoisotopic (exact) mass is 468 g/mol. The van der Waals surface area contributed by atoms with Gasteiger partial charge in [-0.1, -0.05) is 45.7 Å². The fourth-order valence-electron chi connectivity index (χ4n) is 4.28. The molecule has 1 atom stereocenters. The van der Waals surface area contributed by atoms with E-state index in [4.69, 9.17) is 13.9 Å². The fraction of sp³-hybridized carbons (Fsp3) is 0.519. The van der Waals surface area contributed by atoms with Gasteiger partial charge in [0.15, 0.2) is 5.78 Å². The largest absolute Gasteiger partial charge is 0.543 e. The van der Waals surface area contributed by atoms with Crippen molar-refractivity contribution in [2.75, 3.05) is 6.61 Å². The first-order valence-electron chi connectivity index (χ1n) is 12.0. The first-order chi connectivity index (χ1) is 15.5. The molecule has 5 nitrogen and oxygen atoms in total. The molecule has 0 bridgehead atoms. The molecule has 0 aromatic heterocycles. The molecule has 1 fully saturated rings. The lowest BCUT2D eigenvalue weighted by Gasteiger charge is -2.37. The van der Waals surface area contributed by atoms with E-state index >= 15 is 0 Å². The van der Waals surface area contributed by atoms with Gasteiger partial charge in [-0.3, -0.25) is 4.79 Å². The minimum Gasteiger partial charge on any atom is -0.543 e. The van der Waals surface area contributed by atoms with Crippen LogP contribution in [0.4, 0.5) is 0 Å². The smallest absolute Gasteiger partial charge is 0.250 e. The molecular weight excluding hydrogens is 432 g/mol. The fourth-order valence-corrected chi connectivity index (χ4v) is 5.29. The predicted molar refractivity (Wildman–Crippen MR) is 132 cm³/mol. The molecule has 2 aromatic rings. The topological polar surface area (TPSA) is 65.0 Å². The van der Waals surface area contributed by atoms with E-state index in [0.29, 0.717) is 17.4 Å². The number of carbonyl (C=O) groups excluding carboxylic acids is 1. The average Bonchev–Trinajstić information content (AvgIpc) is 3.24. The maximum atomic E-state index is 12.9. The van der Waals surface area contributed by atoms with E-state index < -0.39 is 14.4 Å². The second kappa shape index (κ2) is 9.05. The first-order valence-corrected chi connectivity index (χ1v) is 14.9. The molecule has 6 heteroatoms. The van der Waals surface area contributed by atoms with Gasteiger partial charge in [-0.25, -0.2) is 0 Å². The predicted octanol–water partition coefficient (Wildman–Crippen LogP) is 7.05. The van der Waals surface area contributed by atoms with Crippen LogP contribution >= 0.6 is 0 Å². The van der Waals surface area contributed by atoms with Gasteiger partial charge >= 0.3 is 0 Å². The Balaban J connectivity index is 1.50. The molecule has 1 unspecified atom stereocenters. The molecular formula is C27H36O5Si. The van der Waals surface area contributed by atoms with Crippen LogP contribution in [0.2, 0.25) is 18.1 Å². The summed E-state index contributed by atoms with van der Waals surface area (Å²) in [4.78, 5) is 12.9. The molecule has 0 saturated heterocycles. The normalized spacial score (nSPS) is 19.2. The number of ketones is 1. The average molecular weight is 469 g/mol. The SMILES string of the molecule is CC(C)(C)[Si](C)(C)Oc1cc(O)c2c(c1)OC(c1ccc(OCC3CCCC3)cc1)CC2=O. The van der Waals surface area contributed by atoms with Crippen LogP contribution < -0.4 is 13.9 Å². The van der Waals surface area contributed by atoms with Crippen molar-refractivity contribution in [2.45, 2.75) is 77.1 Å². The Morgan fingerprint density at radius 2 is 1.73 bits per heavy atom. The van der Waals surface area contributed by atoms with Crippen LogP contribution in [-0.4, -0.2) is 25.8 Å². The molecule has 1 N–H and O–H groups in total. The highest BCUT2D eigenvalue weighted by atomic mass is 28.4. The molecule has 178 valence electrons. The van der Waals surface area contributed by atoms with Crippen molar-refractivity contribution in [1.82, 2.24) is 0 Å². The Morgan fingerprint density at radius 1 is 1.06 bits per heavy atom. The zero-order valence-corrected chi connectivity index (χ0v) is 21.4. The van der Waals surface area contributed by atoms with Crippen molar-refractivity contribution in [3.05, 3.63) is 47.5 Å². The standard InChI is InChI=1S/C27H36O5Si/c1-27(2,3)33(4,5)32-21-14-22(28)26-23(29)16-24(31-25(26)15-21)19-10-12-20(13-11-19)30-17-18-8-6-7-9-18/h10-15,18,24,28H,6-9,16-17H2,1-5H3. The van der Waals surface area contributed by atoms with Crippen LogP contribution in [0.15, 0.2) is 36.4 Å². The summed E-state index contributed by atoms with van der Waals surface area (Å²) in [6.07, 6.45) is 4.90. The second-order valence-corrected chi connectivity index (χ2v) is 15.7. The first kappa shape index (κ1) is 23.7. The molecule has 2 aliphatic rings. The minimum atomic E-state index is -2.10. The molecule has 4 rings (SSSR count). The number of Topliss-reactive ketones (excluding diaryl/α,β-unsaturated/α-hetero) is 1. The highest BCUT2D eigenvalue weighted by molar-refractivity contribution is 6.74. The maximum absolute atomic E-state index is 12.9. The number of phenolic OH excluding ortho intramolecular Hbond substituents is 1. The van der Waals surface area contributed by atoms with Gasteiger partial charge in [-0.2, -0.15) is 0 Å². The summed E-state index contributed by atoms with van der Waals surface area (Å²) in [5.74, 6) is 2.22. The summed E-state index contributed by atoms with van der Waals surface area (Å²) < 4.78 is 18.5. The van der Waals surface area contributed by atoms with Gasteiger partial charge in [0.1, 0.15) is 34.7 Å². The van der Waals surface area contributed by atoms with Gasteiger partial charge in [0, 0.05) is 12.1 Å². The molecule has 0 radical (unpaired) electrons. The molecule has 2 aromatic carbocycles. The van der Waals surface area contributed by atoms with E-state index in [1.165, 1.54) is 31.7 Å². The number of hydrogen-bond donors (Lipinski definition) is 1. The lowest BCUT2D eigenvalue weighted by Crippen LogP contribution is -2.43. The van der Waals surface area contributed by atoms with Crippen molar-refractivity contribution in [3.63, 3.8) is 0 Å². The van der Waals surface area contributed by atoms with Crippen molar-refractivity contribution in [2.24, 2.45) is 5.92 Å². The number of hydrogen-bond acceptors (Lipinski definition) is 5. The summed E-state index contributed by atoms with van der Waals surface area (Å²) >= 11 is 0. The molecule has 0 spiro atoms. The van der Waals surface area contributed by atoms with Gasteiger partial charge in [0.2, 0.25) is 8.32 Å². The Labute approximate surface area is 198 Å². The lowest BCUT2D eigenvalue weighted by molar-refractivity contribution is 0.0845. The van der Waals surface area contributed by atoms with Crippen molar-refractivity contribution >= 4 is 14.1 Å². The number of rotatable bonds is 6.